The zero-order valence-corrected chi connectivity index (χ0v) is 7.90. The number of rotatable bonds is 4. The molecule has 0 spiro atoms. The van der Waals surface area contributed by atoms with Crippen molar-refractivity contribution in [3.8, 4) is 0 Å². The summed E-state index contributed by atoms with van der Waals surface area (Å²) in [4.78, 5) is 10.7. The van der Waals surface area contributed by atoms with Crippen LogP contribution in [0.4, 0.5) is 0 Å². The maximum Gasteiger partial charge on any atom is 0.312 e. The van der Waals surface area contributed by atoms with Gasteiger partial charge in [-0.3, -0.25) is 9.48 Å². The van der Waals surface area contributed by atoms with Crippen LogP contribution in [-0.4, -0.2) is 20.9 Å². The fourth-order valence-electron chi connectivity index (χ4n) is 1.24. The van der Waals surface area contributed by atoms with E-state index in [1.807, 2.05) is 6.92 Å². The number of carboxylic acid groups (broad SMARTS) is 1. The highest BCUT2D eigenvalue weighted by Crippen LogP contribution is 2.14. The highest BCUT2D eigenvalue weighted by Gasteiger charge is 2.17. The molecule has 4 heteroatoms. The molecule has 0 aliphatic carbocycles. The minimum absolute atomic E-state index is 0.478. The fraction of sp³-hybridized carbons (Fsp3) is 0.556. The van der Waals surface area contributed by atoms with Crippen LogP contribution in [0, 0.1) is 0 Å². The van der Waals surface area contributed by atoms with Gasteiger partial charge in [-0.05, 0) is 19.4 Å². The molecule has 1 N–H and O–H groups in total. The average Bonchev–Trinajstić information content (AvgIpc) is 2.52. The largest absolute Gasteiger partial charge is 0.481 e. The quantitative estimate of drug-likeness (QED) is 0.767. The standard InChI is InChI=1S/C9H14N2O2/c1-3-6-11-8(4-5-10-11)7(2)9(12)13/h4-5,7H,3,6H2,1-2H3,(H,12,13). The lowest BCUT2D eigenvalue weighted by Crippen LogP contribution is -2.14. The second-order valence-corrected chi connectivity index (χ2v) is 3.04. The first kappa shape index (κ1) is 9.77. The molecular weight excluding hydrogens is 168 g/mol. The Hall–Kier alpha value is -1.32. The van der Waals surface area contributed by atoms with Crippen LogP contribution in [0.25, 0.3) is 0 Å². The topological polar surface area (TPSA) is 55.1 Å². The van der Waals surface area contributed by atoms with E-state index in [0.717, 1.165) is 18.7 Å². The van der Waals surface area contributed by atoms with Gasteiger partial charge in [-0.1, -0.05) is 6.92 Å². The highest BCUT2D eigenvalue weighted by atomic mass is 16.4. The summed E-state index contributed by atoms with van der Waals surface area (Å²) >= 11 is 0. The number of hydrogen-bond acceptors (Lipinski definition) is 2. The lowest BCUT2D eigenvalue weighted by molar-refractivity contribution is -0.138. The Morgan fingerprint density at radius 2 is 2.46 bits per heavy atom. The molecule has 1 rings (SSSR count). The maximum absolute atomic E-state index is 10.7. The second kappa shape index (κ2) is 4.07. The first-order valence-electron chi connectivity index (χ1n) is 4.41. The van der Waals surface area contributed by atoms with Crippen molar-refractivity contribution in [1.82, 2.24) is 9.78 Å². The number of aryl methyl sites for hydroxylation is 1. The zero-order valence-electron chi connectivity index (χ0n) is 7.90. The van der Waals surface area contributed by atoms with Gasteiger partial charge in [0.2, 0.25) is 0 Å². The number of aromatic nitrogens is 2. The molecule has 0 radical (unpaired) electrons. The van der Waals surface area contributed by atoms with Gasteiger partial charge >= 0.3 is 5.97 Å². The summed E-state index contributed by atoms with van der Waals surface area (Å²) in [5.41, 5.74) is 0.773. The Morgan fingerprint density at radius 1 is 1.77 bits per heavy atom. The maximum atomic E-state index is 10.7. The first-order valence-corrected chi connectivity index (χ1v) is 4.41. The molecule has 0 fully saturated rings. The van der Waals surface area contributed by atoms with E-state index in [4.69, 9.17) is 5.11 Å². The van der Waals surface area contributed by atoms with Crippen LogP contribution in [0.1, 0.15) is 31.9 Å². The normalized spacial score (nSPS) is 12.8. The van der Waals surface area contributed by atoms with E-state index in [-0.39, 0.29) is 0 Å². The number of carboxylic acids is 1. The third kappa shape index (κ3) is 2.08. The predicted molar refractivity (Wildman–Crippen MR) is 48.6 cm³/mol. The Kier molecular flexibility index (Phi) is 3.06. The van der Waals surface area contributed by atoms with Crippen molar-refractivity contribution in [2.24, 2.45) is 0 Å². The Balaban J connectivity index is 2.86. The van der Waals surface area contributed by atoms with Crippen molar-refractivity contribution in [3.63, 3.8) is 0 Å². The van der Waals surface area contributed by atoms with E-state index < -0.39 is 11.9 Å². The van der Waals surface area contributed by atoms with Gasteiger partial charge < -0.3 is 5.11 Å². The van der Waals surface area contributed by atoms with Gasteiger partial charge in [-0.25, -0.2) is 0 Å². The summed E-state index contributed by atoms with van der Waals surface area (Å²) in [6.07, 6.45) is 2.60. The monoisotopic (exact) mass is 182 g/mol. The predicted octanol–water partition coefficient (Wildman–Crippen LogP) is 1.48. The lowest BCUT2D eigenvalue weighted by Gasteiger charge is -2.08. The van der Waals surface area contributed by atoms with Crippen molar-refractivity contribution >= 4 is 5.97 Å². The third-order valence-electron chi connectivity index (χ3n) is 2.00. The Labute approximate surface area is 77.2 Å². The van der Waals surface area contributed by atoms with Crippen LogP contribution >= 0.6 is 0 Å². The van der Waals surface area contributed by atoms with Crippen LogP contribution in [-0.2, 0) is 11.3 Å². The van der Waals surface area contributed by atoms with Gasteiger partial charge in [-0.15, -0.1) is 0 Å². The summed E-state index contributed by atoms with van der Waals surface area (Å²) in [6.45, 7) is 4.49. The van der Waals surface area contributed by atoms with Crippen LogP contribution in [0.5, 0.6) is 0 Å². The van der Waals surface area contributed by atoms with E-state index in [1.165, 1.54) is 0 Å². The molecule has 0 bridgehead atoms. The molecule has 1 atom stereocenters. The van der Waals surface area contributed by atoms with Crippen molar-refractivity contribution in [1.29, 1.82) is 0 Å². The summed E-state index contributed by atoms with van der Waals surface area (Å²) in [5.74, 6) is -1.29. The highest BCUT2D eigenvalue weighted by molar-refractivity contribution is 5.74. The fourth-order valence-corrected chi connectivity index (χ4v) is 1.24. The molecule has 72 valence electrons. The molecule has 0 saturated heterocycles. The lowest BCUT2D eigenvalue weighted by atomic mass is 10.1. The van der Waals surface area contributed by atoms with E-state index in [9.17, 15) is 4.79 Å². The van der Waals surface area contributed by atoms with E-state index >= 15 is 0 Å². The molecule has 13 heavy (non-hydrogen) atoms. The summed E-state index contributed by atoms with van der Waals surface area (Å²) in [6, 6.07) is 1.76. The minimum Gasteiger partial charge on any atom is -0.481 e. The summed E-state index contributed by atoms with van der Waals surface area (Å²) in [5, 5.41) is 12.9. The Bertz CT molecular complexity index is 294. The van der Waals surface area contributed by atoms with Gasteiger partial charge in [0.05, 0.1) is 11.6 Å². The van der Waals surface area contributed by atoms with Crippen molar-refractivity contribution in [2.45, 2.75) is 32.7 Å². The van der Waals surface area contributed by atoms with Gasteiger partial charge in [0.15, 0.2) is 0 Å². The van der Waals surface area contributed by atoms with Crippen LogP contribution < -0.4 is 0 Å². The van der Waals surface area contributed by atoms with Crippen molar-refractivity contribution in [2.75, 3.05) is 0 Å². The summed E-state index contributed by atoms with van der Waals surface area (Å²) in [7, 11) is 0. The first-order chi connectivity index (χ1) is 6.16. The smallest absolute Gasteiger partial charge is 0.312 e. The molecule has 0 aromatic carbocycles. The van der Waals surface area contributed by atoms with Gasteiger partial charge in [0, 0.05) is 12.7 Å². The minimum atomic E-state index is -0.808. The molecule has 4 nitrogen and oxygen atoms in total. The molecule has 0 aliphatic heterocycles. The second-order valence-electron chi connectivity index (χ2n) is 3.04. The van der Waals surface area contributed by atoms with E-state index in [1.54, 1.807) is 23.9 Å². The zero-order chi connectivity index (χ0) is 9.84. The number of carbonyl (C=O) groups is 1. The molecular formula is C9H14N2O2. The van der Waals surface area contributed by atoms with Crippen molar-refractivity contribution < 1.29 is 9.90 Å². The number of aliphatic carboxylic acids is 1. The number of hydrogen-bond donors (Lipinski definition) is 1. The molecule has 1 heterocycles. The number of nitrogens with zero attached hydrogens (tertiary/aromatic N) is 2. The van der Waals surface area contributed by atoms with Crippen molar-refractivity contribution in [3.05, 3.63) is 18.0 Å². The van der Waals surface area contributed by atoms with E-state index in [2.05, 4.69) is 5.10 Å². The third-order valence-corrected chi connectivity index (χ3v) is 2.00. The van der Waals surface area contributed by atoms with Crippen LogP contribution in [0.3, 0.4) is 0 Å². The molecule has 1 unspecified atom stereocenters. The molecule has 0 aliphatic rings. The molecule has 1 aromatic heterocycles. The van der Waals surface area contributed by atoms with Gasteiger partial charge in [0.1, 0.15) is 0 Å². The summed E-state index contributed by atoms with van der Waals surface area (Å²) < 4.78 is 1.75. The Morgan fingerprint density at radius 3 is 3.00 bits per heavy atom. The van der Waals surface area contributed by atoms with Crippen LogP contribution in [0.15, 0.2) is 12.3 Å². The van der Waals surface area contributed by atoms with Crippen LogP contribution in [0.2, 0.25) is 0 Å². The van der Waals surface area contributed by atoms with Gasteiger partial charge in [0.25, 0.3) is 0 Å². The molecule has 1 aromatic rings. The molecule has 0 saturated carbocycles. The average molecular weight is 182 g/mol. The SMILES string of the molecule is CCCn1nccc1C(C)C(=O)O. The van der Waals surface area contributed by atoms with Gasteiger partial charge in [-0.2, -0.15) is 5.10 Å². The molecule has 0 amide bonds. The van der Waals surface area contributed by atoms with E-state index in [0.29, 0.717) is 0 Å².